The molecule has 0 aliphatic carbocycles. The van der Waals surface area contributed by atoms with Gasteiger partial charge in [0.2, 0.25) is 0 Å². The van der Waals surface area contributed by atoms with Crippen LogP contribution in [0.3, 0.4) is 0 Å². The van der Waals surface area contributed by atoms with Crippen LogP contribution in [0.5, 0.6) is 0 Å². The first-order valence-electron chi connectivity index (χ1n) is 7.67. The van der Waals surface area contributed by atoms with Gasteiger partial charge in [-0.2, -0.15) is 0 Å². The van der Waals surface area contributed by atoms with E-state index in [-0.39, 0.29) is 6.03 Å². The molecule has 0 saturated carbocycles. The second-order valence-corrected chi connectivity index (χ2v) is 5.56. The van der Waals surface area contributed by atoms with Gasteiger partial charge in [0.25, 0.3) is 0 Å². The minimum atomic E-state index is -0.167. The fraction of sp³-hybridized carbons (Fsp3) is 0.562. The second kappa shape index (κ2) is 8.64. The summed E-state index contributed by atoms with van der Waals surface area (Å²) in [7, 11) is 0. The van der Waals surface area contributed by atoms with Crippen molar-refractivity contribution in [2.75, 3.05) is 19.7 Å². The summed E-state index contributed by atoms with van der Waals surface area (Å²) < 4.78 is 5.70. The Hall–Kier alpha value is -1.59. The van der Waals surface area contributed by atoms with E-state index in [2.05, 4.69) is 17.6 Å². The summed E-state index contributed by atoms with van der Waals surface area (Å²) in [6.07, 6.45) is 4.38. The van der Waals surface area contributed by atoms with Gasteiger partial charge in [-0.1, -0.05) is 30.3 Å². The summed E-state index contributed by atoms with van der Waals surface area (Å²) in [5.74, 6) is 5.84. The Bertz CT molecular complexity index is 417. The minimum Gasteiger partial charge on any atom is -0.377 e. The van der Waals surface area contributed by atoms with E-state index < -0.39 is 0 Å². The Labute approximate surface area is 126 Å². The third-order valence-electron chi connectivity index (χ3n) is 4.04. The monoisotopic (exact) mass is 291 g/mol. The molecule has 1 aliphatic heterocycles. The van der Waals surface area contributed by atoms with Crippen molar-refractivity contribution in [3.05, 3.63) is 35.9 Å². The summed E-state index contributed by atoms with van der Waals surface area (Å²) in [6.45, 7) is 3.10. The lowest BCUT2D eigenvalue weighted by Crippen LogP contribution is -2.46. The predicted molar refractivity (Wildman–Crippen MR) is 82.3 cm³/mol. The van der Waals surface area contributed by atoms with Crippen LogP contribution in [0.25, 0.3) is 0 Å². The SMILES string of the molecule is NNC(=O)N1CCC(CCCOCc2ccccc2)CC1. The quantitative estimate of drug-likeness (QED) is 0.366. The zero-order chi connectivity index (χ0) is 14.9. The third-order valence-corrected chi connectivity index (χ3v) is 4.04. The van der Waals surface area contributed by atoms with Crippen molar-refractivity contribution >= 4 is 6.03 Å². The maximum Gasteiger partial charge on any atom is 0.331 e. The van der Waals surface area contributed by atoms with Crippen molar-refractivity contribution in [2.24, 2.45) is 11.8 Å². The van der Waals surface area contributed by atoms with Crippen LogP contribution in [-0.2, 0) is 11.3 Å². The highest BCUT2D eigenvalue weighted by atomic mass is 16.5. The van der Waals surface area contributed by atoms with Crippen LogP contribution in [0.1, 0.15) is 31.2 Å². The van der Waals surface area contributed by atoms with E-state index >= 15 is 0 Å². The van der Waals surface area contributed by atoms with Crippen LogP contribution < -0.4 is 11.3 Å². The highest BCUT2D eigenvalue weighted by Gasteiger charge is 2.21. The van der Waals surface area contributed by atoms with Gasteiger partial charge in [0.1, 0.15) is 0 Å². The number of ether oxygens (including phenoxy) is 1. The van der Waals surface area contributed by atoms with Crippen LogP contribution in [0.2, 0.25) is 0 Å². The standard InChI is InChI=1S/C16H25N3O2/c17-18-16(20)19-10-8-14(9-11-19)7-4-12-21-13-15-5-2-1-3-6-15/h1-3,5-6,14H,4,7-13,17H2,(H,18,20). The molecule has 1 saturated heterocycles. The lowest BCUT2D eigenvalue weighted by Gasteiger charge is -2.31. The Morgan fingerprint density at radius 2 is 2.00 bits per heavy atom. The number of benzene rings is 1. The molecule has 3 N–H and O–H groups in total. The number of likely N-dealkylation sites (tertiary alicyclic amines) is 1. The van der Waals surface area contributed by atoms with Crippen LogP contribution in [0, 0.1) is 5.92 Å². The molecule has 0 bridgehead atoms. The number of rotatable bonds is 6. The molecule has 5 heteroatoms. The van der Waals surface area contributed by atoms with Gasteiger partial charge in [-0.3, -0.25) is 5.43 Å². The van der Waals surface area contributed by atoms with Gasteiger partial charge in [-0.25, -0.2) is 10.6 Å². The Morgan fingerprint density at radius 3 is 2.67 bits per heavy atom. The number of piperidine rings is 1. The summed E-state index contributed by atoms with van der Waals surface area (Å²) in [4.78, 5) is 13.2. The number of carbonyl (C=O) groups is 1. The van der Waals surface area contributed by atoms with Crippen LogP contribution in [0.4, 0.5) is 4.79 Å². The van der Waals surface area contributed by atoms with Crippen molar-refractivity contribution in [3.8, 4) is 0 Å². The topological polar surface area (TPSA) is 67.6 Å². The van der Waals surface area contributed by atoms with Gasteiger partial charge in [0, 0.05) is 19.7 Å². The molecule has 1 aromatic rings. The van der Waals surface area contributed by atoms with E-state index in [0.717, 1.165) is 39.0 Å². The molecule has 1 aliphatic rings. The molecule has 0 atom stereocenters. The zero-order valence-electron chi connectivity index (χ0n) is 12.5. The van der Waals surface area contributed by atoms with Gasteiger partial charge < -0.3 is 9.64 Å². The number of hydrogen-bond acceptors (Lipinski definition) is 3. The highest BCUT2D eigenvalue weighted by Crippen LogP contribution is 2.21. The van der Waals surface area contributed by atoms with E-state index in [0.29, 0.717) is 12.5 Å². The number of nitrogens with one attached hydrogen (secondary N) is 1. The lowest BCUT2D eigenvalue weighted by molar-refractivity contribution is 0.108. The lowest BCUT2D eigenvalue weighted by atomic mass is 9.92. The highest BCUT2D eigenvalue weighted by molar-refractivity contribution is 5.73. The summed E-state index contributed by atoms with van der Waals surface area (Å²) in [5, 5.41) is 0. The first-order valence-corrected chi connectivity index (χ1v) is 7.67. The van der Waals surface area contributed by atoms with Gasteiger partial charge >= 0.3 is 6.03 Å². The number of nitrogens with two attached hydrogens (primary N) is 1. The largest absolute Gasteiger partial charge is 0.377 e. The Kier molecular flexibility index (Phi) is 6.50. The fourth-order valence-electron chi connectivity index (χ4n) is 2.75. The van der Waals surface area contributed by atoms with Crippen molar-refractivity contribution in [2.45, 2.75) is 32.3 Å². The van der Waals surface area contributed by atoms with Crippen molar-refractivity contribution in [1.82, 2.24) is 10.3 Å². The molecule has 1 aromatic carbocycles. The van der Waals surface area contributed by atoms with E-state index in [1.54, 1.807) is 4.90 Å². The number of hydrogen-bond donors (Lipinski definition) is 2. The molecule has 116 valence electrons. The molecule has 0 unspecified atom stereocenters. The van der Waals surface area contributed by atoms with E-state index in [1.807, 2.05) is 18.2 Å². The van der Waals surface area contributed by atoms with Gasteiger partial charge in [0.05, 0.1) is 6.61 Å². The molecule has 0 radical (unpaired) electrons. The summed E-state index contributed by atoms with van der Waals surface area (Å²) in [6, 6.07) is 10.1. The fourth-order valence-corrected chi connectivity index (χ4v) is 2.75. The molecule has 1 fully saturated rings. The number of urea groups is 1. The van der Waals surface area contributed by atoms with Crippen molar-refractivity contribution < 1.29 is 9.53 Å². The van der Waals surface area contributed by atoms with Crippen LogP contribution in [0.15, 0.2) is 30.3 Å². The smallest absolute Gasteiger partial charge is 0.331 e. The maximum atomic E-state index is 11.4. The number of hydrazine groups is 1. The molecular formula is C16H25N3O2. The third kappa shape index (κ3) is 5.36. The summed E-state index contributed by atoms with van der Waals surface area (Å²) in [5.41, 5.74) is 3.41. The normalized spacial score (nSPS) is 16.0. The number of nitrogens with zero attached hydrogens (tertiary/aromatic N) is 1. The van der Waals surface area contributed by atoms with Crippen molar-refractivity contribution in [1.29, 1.82) is 0 Å². The molecule has 1 heterocycles. The average molecular weight is 291 g/mol. The van der Waals surface area contributed by atoms with Gasteiger partial charge in [0.15, 0.2) is 0 Å². The molecule has 2 amide bonds. The Balaban J connectivity index is 1.53. The minimum absolute atomic E-state index is 0.167. The second-order valence-electron chi connectivity index (χ2n) is 5.56. The summed E-state index contributed by atoms with van der Waals surface area (Å²) >= 11 is 0. The van der Waals surface area contributed by atoms with Crippen molar-refractivity contribution in [3.63, 3.8) is 0 Å². The molecular weight excluding hydrogens is 266 g/mol. The molecule has 5 nitrogen and oxygen atoms in total. The van der Waals surface area contributed by atoms with E-state index in [4.69, 9.17) is 10.6 Å². The number of carbonyl (C=O) groups excluding carboxylic acids is 1. The van der Waals surface area contributed by atoms with Crippen LogP contribution >= 0.6 is 0 Å². The number of amides is 2. The molecule has 0 spiro atoms. The first kappa shape index (κ1) is 15.8. The van der Waals surface area contributed by atoms with Gasteiger partial charge in [-0.05, 0) is 37.2 Å². The van der Waals surface area contributed by atoms with Crippen LogP contribution in [-0.4, -0.2) is 30.6 Å². The molecule has 0 aromatic heterocycles. The van der Waals surface area contributed by atoms with Gasteiger partial charge in [-0.15, -0.1) is 0 Å². The zero-order valence-corrected chi connectivity index (χ0v) is 12.5. The molecule has 21 heavy (non-hydrogen) atoms. The Morgan fingerprint density at radius 1 is 1.29 bits per heavy atom. The van der Waals surface area contributed by atoms with E-state index in [1.165, 1.54) is 12.0 Å². The van der Waals surface area contributed by atoms with E-state index in [9.17, 15) is 4.79 Å². The average Bonchev–Trinajstić information content (AvgIpc) is 2.55. The maximum absolute atomic E-state index is 11.4. The molecule has 2 rings (SSSR count). The predicted octanol–water partition coefficient (Wildman–Crippen LogP) is 2.28. The first-order chi connectivity index (χ1) is 10.3.